The van der Waals surface area contributed by atoms with Crippen LogP contribution in [0.3, 0.4) is 0 Å². The van der Waals surface area contributed by atoms with E-state index < -0.39 is 5.97 Å². The standard InChI is InChI=1S/C14H17N5O4/c1-3-23-14(21)10(6-15)12-11-13(17-7-18(12)2)19(8-16-11)9-22-5-4-20/h7-8,20H,3-5,9H2,1-2H3/b12-10-. The van der Waals surface area contributed by atoms with E-state index in [0.29, 0.717) is 17.2 Å². The van der Waals surface area contributed by atoms with Crippen LogP contribution in [0.2, 0.25) is 0 Å². The maximum atomic E-state index is 12.0. The van der Waals surface area contributed by atoms with E-state index in [1.807, 2.05) is 6.07 Å². The van der Waals surface area contributed by atoms with Crippen molar-refractivity contribution in [3.05, 3.63) is 17.6 Å². The van der Waals surface area contributed by atoms with E-state index in [9.17, 15) is 10.1 Å². The second-order valence-electron chi connectivity index (χ2n) is 4.56. The van der Waals surface area contributed by atoms with Crippen molar-refractivity contribution in [1.29, 1.82) is 5.26 Å². The highest BCUT2D eigenvalue weighted by Crippen LogP contribution is 2.32. The number of esters is 1. The molecule has 0 spiro atoms. The highest BCUT2D eigenvalue weighted by molar-refractivity contribution is 6.04. The fourth-order valence-corrected chi connectivity index (χ4v) is 2.06. The summed E-state index contributed by atoms with van der Waals surface area (Å²) in [5.74, 6) is -0.239. The molecule has 0 bridgehead atoms. The van der Waals surface area contributed by atoms with E-state index in [1.165, 1.54) is 12.7 Å². The van der Waals surface area contributed by atoms with Crippen molar-refractivity contribution in [3.63, 3.8) is 0 Å². The van der Waals surface area contributed by atoms with Crippen molar-refractivity contribution in [2.24, 2.45) is 4.99 Å². The number of nitriles is 1. The third kappa shape index (κ3) is 3.39. The predicted molar refractivity (Wildman–Crippen MR) is 80.3 cm³/mol. The minimum absolute atomic E-state index is 0.0878. The topological polar surface area (TPSA) is 113 Å². The number of rotatable bonds is 6. The van der Waals surface area contributed by atoms with E-state index in [1.54, 1.807) is 23.4 Å². The monoisotopic (exact) mass is 319 g/mol. The third-order valence-corrected chi connectivity index (χ3v) is 3.03. The summed E-state index contributed by atoms with van der Waals surface area (Å²) in [6, 6.07) is 1.88. The Hall–Kier alpha value is -2.70. The summed E-state index contributed by atoms with van der Waals surface area (Å²) >= 11 is 0. The third-order valence-electron chi connectivity index (χ3n) is 3.03. The Kier molecular flexibility index (Phi) is 5.46. The number of hydrogen-bond donors (Lipinski definition) is 1. The molecule has 0 fully saturated rings. The number of aliphatic hydroxyl groups excluding tert-OH is 1. The Morgan fingerprint density at radius 1 is 1.52 bits per heavy atom. The number of nitrogens with zero attached hydrogens (tertiary/aromatic N) is 5. The average molecular weight is 319 g/mol. The molecule has 2 rings (SSSR count). The van der Waals surface area contributed by atoms with Crippen molar-refractivity contribution < 1.29 is 19.4 Å². The first-order valence-electron chi connectivity index (χ1n) is 6.96. The fourth-order valence-electron chi connectivity index (χ4n) is 2.06. The number of carbonyl (C=O) groups excluding carboxylic acids is 1. The number of imidazole rings is 1. The van der Waals surface area contributed by atoms with Crippen molar-refractivity contribution >= 4 is 23.8 Å². The van der Waals surface area contributed by atoms with Crippen LogP contribution < -0.4 is 0 Å². The zero-order chi connectivity index (χ0) is 16.8. The summed E-state index contributed by atoms with van der Waals surface area (Å²) in [4.78, 5) is 22.0. The van der Waals surface area contributed by atoms with Crippen molar-refractivity contribution in [2.75, 3.05) is 26.9 Å². The Morgan fingerprint density at radius 2 is 2.30 bits per heavy atom. The van der Waals surface area contributed by atoms with Crippen LogP contribution in [0.4, 0.5) is 5.82 Å². The van der Waals surface area contributed by atoms with Crippen LogP contribution in [-0.2, 0) is 21.0 Å². The van der Waals surface area contributed by atoms with E-state index in [-0.39, 0.29) is 32.1 Å². The number of aliphatic hydroxyl groups is 1. The Balaban J connectivity index is 2.43. The first-order valence-corrected chi connectivity index (χ1v) is 6.96. The summed E-state index contributed by atoms with van der Waals surface area (Å²) in [5, 5.41) is 18.1. The van der Waals surface area contributed by atoms with Crippen LogP contribution in [0.5, 0.6) is 0 Å². The smallest absolute Gasteiger partial charge is 0.351 e. The number of aromatic nitrogens is 2. The zero-order valence-corrected chi connectivity index (χ0v) is 12.9. The summed E-state index contributed by atoms with van der Waals surface area (Å²) in [7, 11) is 1.67. The molecule has 0 amide bonds. The number of fused-ring (bicyclic) bond motifs is 1. The molecular formula is C14H17N5O4. The fraction of sp³-hybridized carbons (Fsp3) is 0.429. The van der Waals surface area contributed by atoms with Gasteiger partial charge in [-0.1, -0.05) is 0 Å². The highest BCUT2D eigenvalue weighted by Gasteiger charge is 2.28. The molecule has 122 valence electrons. The molecule has 1 aliphatic heterocycles. The van der Waals surface area contributed by atoms with Gasteiger partial charge in [-0.05, 0) is 6.92 Å². The van der Waals surface area contributed by atoms with Crippen LogP contribution in [0.15, 0.2) is 16.9 Å². The van der Waals surface area contributed by atoms with Gasteiger partial charge in [0.15, 0.2) is 11.4 Å². The van der Waals surface area contributed by atoms with Gasteiger partial charge in [0.25, 0.3) is 0 Å². The second-order valence-corrected chi connectivity index (χ2v) is 4.56. The van der Waals surface area contributed by atoms with Crippen molar-refractivity contribution in [2.45, 2.75) is 13.7 Å². The molecule has 2 heterocycles. The summed E-state index contributed by atoms with van der Waals surface area (Å²) in [6.45, 7) is 2.09. The molecule has 1 aliphatic rings. The van der Waals surface area contributed by atoms with Gasteiger partial charge in [0, 0.05) is 7.05 Å². The maximum absolute atomic E-state index is 12.0. The first kappa shape index (κ1) is 16.7. The van der Waals surface area contributed by atoms with Gasteiger partial charge in [0.1, 0.15) is 18.5 Å². The average Bonchev–Trinajstić information content (AvgIpc) is 2.94. The van der Waals surface area contributed by atoms with Crippen molar-refractivity contribution in [3.8, 4) is 6.07 Å². The zero-order valence-electron chi connectivity index (χ0n) is 12.9. The van der Waals surface area contributed by atoms with E-state index >= 15 is 0 Å². The molecule has 0 saturated carbocycles. The normalized spacial score (nSPS) is 15.1. The summed E-state index contributed by atoms with van der Waals surface area (Å²) in [5.41, 5.74) is 0.590. The molecule has 23 heavy (non-hydrogen) atoms. The maximum Gasteiger partial charge on any atom is 0.351 e. The van der Waals surface area contributed by atoms with Gasteiger partial charge in [-0.15, -0.1) is 0 Å². The SMILES string of the molecule is CCOC(=O)/C(C#N)=C1/c2ncn(COCCO)c2N=CN1C. The van der Waals surface area contributed by atoms with E-state index in [0.717, 1.165) is 0 Å². The van der Waals surface area contributed by atoms with Crippen LogP contribution in [0.25, 0.3) is 5.70 Å². The molecule has 1 aromatic rings. The van der Waals surface area contributed by atoms with Gasteiger partial charge >= 0.3 is 5.97 Å². The molecular weight excluding hydrogens is 302 g/mol. The second kappa shape index (κ2) is 7.53. The lowest BCUT2D eigenvalue weighted by Crippen LogP contribution is -2.23. The van der Waals surface area contributed by atoms with Gasteiger partial charge in [0.05, 0.1) is 38.2 Å². The van der Waals surface area contributed by atoms with E-state index in [2.05, 4.69) is 9.98 Å². The number of hydrogen-bond acceptors (Lipinski definition) is 8. The molecule has 9 nitrogen and oxygen atoms in total. The first-order chi connectivity index (χ1) is 11.1. The molecule has 0 saturated heterocycles. The van der Waals surface area contributed by atoms with Crippen LogP contribution >= 0.6 is 0 Å². The van der Waals surface area contributed by atoms with Crippen LogP contribution in [0, 0.1) is 11.3 Å². The van der Waals surface area contributed by atoms with E-state index in [4.69, 9.17) is 14.6 Å². The van der Waals surface area contributed by atoms with Crippen molar-refractivity contribution in [1.82, 2.24) is 14.5 Å². The van der Waals surface area contributed by atoms with Gasteiger partial charge in [-0.25, -0.2) is 14.8 Å². The Labute approximate surface area is 133 Å². The number of ether oxygens (including phenoxy) is 2. The van der Waals surface area contributed by atoms with Crippen LogP contribution in [-0.4, -0.2) is 58.7 Å². The molecule has 1 aromatic heterocycles. The molecule has 0 aromatic carbocycles. The Morgan fingerprint density at radius 3 is 2.96 bits per heavy atom. The summed E-state index contributed by atoms with van der Waals surface area (Å²) in [6.07, 6.45) is 2.98. The highest BCUT2D eigenvalue weighted by atomic mass is 16.5. The lowest BCUT2D eigenvalue weighted by atomic mass is 10.1. The van der Waals surface area contributed by atoms with Crippen LogP contribution in [0.1, 0.15) is 12.6 Å². The van der Waals surface area contributed by atoms with Gasteiger partial charge in [-0.3, -0.25) is 4.57 Å². The molecule has 9 heteroatoms. The quantitative estimate of drug-likeness (QED) is 0.346. The molecule has 0 radical (unpaired) electrons. The summed E-state index contributed by atoms with van der Waals surface area (Å²) < 4.78 is 11.8. The molecule has 0 aliphatic carbocycles. The molecule has 0 unspecified atom stereocenters. The predicted octanol–water partition coefficient (Wildman–Crippen LogP) is 0.252. The largest absolute Gasteiger partial charge is 0.462 e. The number of carbonyl (C=O) groups is 1. The molecule has 1 N–H and O–H groups in total. The number of aliphatic imine (C=N–C) groups is 1. The van der Waals surface area contributed by atoms with Gasteiger partial charge in [0.2, 0.25) is 0 Å². The van der Waals surface area contributed by atoms with Gasteiger partial charge in [-0.2, -0.15) is 5.26 Å². The minimum atomic E-state index is -0.704. The lowest BCUT2D eigenvalue weighted by molar-refractivity contribution is -0.137. The lowest BCUT2D eigenvalue weighted by Gasteiger charge is -2.22. The minimum Gasteiger partial charge on any atom is -0.462 e. The molecule has 0 atom stereocenters. The Bertz CT molecular complexity index is 686. The van der Waals surface area contributed by atoms with Gasteiger partial charge < -0.3 is 19.5 Å².